The maximum absolute atomic E-state index is 13.2. The summed E-state index contributed by atoms with van der Waals surface area (Å²) in [4.78, 5) is 11.3. The number of hydrogen-bond donors (Lipinski definition) is 1. The van der Waals surface area contributed by atoms with Gasteiger partial charge < -0.3 is 5.11 Å². The molecule has 1 saturated carbocycles. The number of rotatable bonds is 4. The summed E-state index contributed by atoms with van der Waals surface area (Å²) in [5.41, 5.74) is 1.76. The molecule has 19 heavy (non-hydrogen) atoms. The van der Waals surface area contributed by atoms with Crippen molar-refractivity contribution in [1.29, 1.82) is 0 Å². The first-order chi connectivity index (χ1) is 8.87. The predicted molar refractivity (Wildman–Crippen MR) is 68.5 cm³/mol. The van der Waals surface area contributed by atoms with Crippen molar-refractivity contribution in [1.82, 2.24) is 0 Å². The van der Waals surface area contributed by atoms with Crippen LogP contribution >= 0.6 is 0 Å². The molecule has 104 valence electrons. The van der Waals surface area contributed by atoms with Crippen LogP contribution in [-0.4, -0.2) is 17.0 Å². The van der Waals surface area contributed by atoms with E-state index < -0.39 is 17.8 Å². The first-order valence-corrected chi connectivity index (χ1v) is 6.54. The van der Waals surface area contributed by atoms with Crippen molar-refractivity contribution >= 4 is 5.97 Å². The zero-order chi connectivity index (χ0) is 14.0. The third-order valence-corrected chi connectivity index (χ3v) is 3.85. The van der Waals surface area contributed by atoms with Gasteiger partial charge in [-0.1, -0.05) is 29.8 Å². The van der Waals surface area contributed by atoms with E-state index in [0.29, 0.717) is 18.4 Å². The normalized spacial score (nSPS) is 23.2. The first kappa shape index (κ1) is 14.0. The van der Waals surface area contributed by atoms with Gasteiger partial charge in [0.1, 0.15) is 0 Å². The average Bonchev–Trinajstić information content (AvgIpc) is 2.67. The smallest absolute Gasteiger partial charge is 0.310 e. The highest BCUT2D eigenvalue weighted by atomic mass is 19.3. The fourth-order valence-electron chi connectivity index (χ4n) is 2.75. The Hall–Kier alpha value is -1.45. The largest absolute Gasteiger partial charge is 0.481 e. The Balaban J connectivity index is 2.09. The number of benzene rings is 1. The fraction of sp³-hybridized carbons (Fsp3) is 0.533. The topological polar surface area (TPSA) is 37.3 Å². The van der Waals surface area contributed by atoms with E-state index in [4.69, 9.17) is 0 Å². The number of alkyl halides is 2. The molecule has 0 aliphatic heterocycles. The third-order valence-electron chi connectivity index (χ3n) is 3.85. The summed E-state index contributed by atoms with van der Waals surface area (Å²) in [7, 11) is 0. The van der Waals surface area contributed by atoms with Crippen LogP contribution in [0.1, 0.15) is 42.7 Å². The van der Waals surface area contributed by atoms with Gasteiger partial charge in [-0.05, 0) is 31.2 Å². The van der Waals surface area contributed by atoms with Crippen molar-refractivity contribution in [2.75, 3.05) is 0 Å². The van der Waals surface area contributed by atoms with Crippen molar-refractivity contribution in [3.8, 4) is 0 Å². The van der Waals surface area contributed by atoms with Gasteiger partial charge in [0.2, 0.25) is 5.92 Å². The molecule has 2 rings (SSSR count). The fourth-order valence-corrected chi connectivity index (χ4v) is 2.75. The van der Waals surface area contributed by atoms with E-state index in [9.17, 15) is 18.7 Å². The number of aliphatic carboxylic acids is 1. The maximum atomic E-state index is 13.2. The van der Waals surface area contributed by atoms with E-state index in [2.05, 4.69) is 0 Å². The lowest BCUT2D eigenvalue weighted by Crippen LogP contribution is -2.16. The lowest BCUT2D eigenvalue weighted by molar-refractivity contribution is -0.139. The van der Waals surface area contributed by atoms with Crippen molar-refractivity contribution < 1.29 is 18.7 Å². The molecular formula is C15H18F2O2. The highest BCUT2D eigenvalue weighted by Crippen LogP contribution is 2.43. The van der Waals surface area contributed by atoms with Crippen LogP contribution in [0.3, 0.4) is 0 Å². The molecule has 0 saturated heterocycles. The Morgan fingerprint density at radius 2 is 2.05 bits per heavy atom. The lowest BCUT2D eigenvalue weighted by Gasteiger charge is -2.17. The zero-order valence-corrected chi connectivity index (χ0v) is 10.9. The summed E-state index contributed by atoms with van der Waals surface area (Å²) < 4.78 is 26.3. The number of aryl methyl sites for hydroxylation is 1. The highest BCUT2D eigenvalue weighted by Gasteiger charge is 2.40. The van der Waals surface area contributed by atoms with E-state index in [1.807, 2.05) is 19.1 Å². The van der Waals surface area contributed by atoms with E-state index >= 15 is 0 Å². The predicted octanol–water partition coefficient (Wildman–Crippen LogP) is 3.99. The number of hydrogen-bond acceptors (Lipinski definition) is 1. The van der Waals surface area contributed by atoms with Crippen molar-refractivity contribution in [2.24, 2.45) is 5.92 Å². The van der Waals surface area contributed by atoms with Crippen LogP contribution in [0, 0.1) is 12.8 Å². The van der Waals surface area contributed by atoms with E-state index in [1.165, 1.54) is 0 Å². The third kappa shape index (κ3) is 3.52. The van der Waals surface area contributed by atoms with Gasteiger partial charge in [-0.15, -0.1) is 0 Å². The molecule has 2 unspecified atom stereocenters. The molecule has 4 heteroatoms. The van der Waals surface area contributed by atoms with Crippen LogP contribution in [0.25, 0.3) is 0 Å². The second-order valence-corrected chi connectivity index (χ2v) is 5.50. The van der Waals surface area contributed by atoms with Gasteiger partial charge in [-0.2, -0.15) is 0 Å². The van der Waals surface area contributed by atoms with Crippen molar-refractivity contribution in [3.63, 3.8) is 0 Å². The second-order valence-electron chi connectivity index (χ2n) is 5.50. The summed E-state index contributed by atoms with van der Waals surface area (Å²) in [5.74, 6) is -4.42. The van der Waals surface area contributed by atoms with Crippen LogP contribution in [0.2, 0.25) is 0 Å². The van der Waals surface area contributed by atoms with Gasteiger partial charge in [-0.25, -0.2) is 8.78 Å². The molecule has 1 aromatic rings. The van der Waals surface area contributed by atoms with E-state index in [-0.39, 0.29) is 18.8 Å². The van der Waals surface area contributed by atoms with Gasteiger partial charge in [-0.3, -0.25) is 4.79 Å². The molecule has 1 aliphatic rings. The Morgan fingerprint density at radius 1 is 1.42 bits per heavy atom. The molecule has 0 heterocycles. The summed E-state index contributed by atoms with van der Waals surface area (Å²) in [6, 6.07) is 7.27. The van der Waals surface area contributed by atoms with Gasteiger partial charge in [0, 0.05) is 12.8 Å². The Labute approximate surface area is 111 Å². The van der Waals surface area contributed by atoms with Crippen molar-refractivity contribution in [3.05, 3.63) is 35.4 Å². The summed E-state index contributed by atoms with van der Waals surface area (Å²) in [6.07, 6.45) is 0.428. The second kappa shape index (κ2) is 5.27. The molecule has 2 nitrogen and oxygen atoms in total. The minimum Gasteiger partial charge on any atom is -0.481 e. The molecule has 1 aliphatic carbocycles. The van der Waals surface area contributed by atoms with Crippen LogP contribution in [0.5, 0.6) is 0 Å². The Morgan fingerprint density at radius 3 is 2.53 bits per heavy atom. The minimum absolute atomic E-state index is 0.113. The molecule has 1 N–H and O–H groups in total. The van der Waals surface area contributed by atoms with Crippen LogP contribution < -0.4 is 0 Å². The monoisotopic (exact) mass is 268 g/mol. The standard InChI is InChI=1S/C15H18F2O2/c1-10-2-4-12(5-3-10)13(14(18)19)8-11-6-7-15(16,17)9-11/h2-5,11,13H,6-9H2,1H3,(H,18,19). The molecule has 0 amide bonds. The van der Waals surface area contributed by atoms with Crippen LogP contribution in [-0.2, 0) is 4.79 Å². The SMILES string of the molecule is Cc1ccc(C(CC2CCC(F)(F)C2)C(=O)O)cc1. The summed E-state index contributed by atoms with van der Waals surface area (Å²) >= 11 is 0. The molecule has 0 spiro atoms. The van der Waals surface area contributed by atoms with Gasteiger partial charge >= 0.3 is 5.97 Å². The average molecular weight is 268 g/mol. The van der Waals surface area contributed by atoms with Crippen LogP contribution in [0.15, 0.2) is 24.3 Å². The zero-order valence-electron chi connectivity index (χ0n) is 10.9. The minimum atomic E-state index is -2.61. The van der Waals surface area contributed by atoms with Crippen LogP contribution in [0.4, 0.5) is 8.78 Å². The maximum Gasteiger partial charge on any atom is 0.310 e. The van der Waals surface area contributed by atoms with Crippen molar-refractivity contribution in [2.45, 2.75) is 44.4 Å². The molecule has 0 aromatic heterocycles. The Bertz CT molecular complexity index is 454. The number of halogens is 2. The lowest BCUT2D eigenvalue weighted by atomic mass is 9.87. The van der Waals surface area contributed by atoms with Gasteiger partial charge in [0.05, 0.1) is 5.92 Å². The molecule has 0 radical (unpaired) electrons. The number of carbonyl (C=O) groups is 1. The number of carboxylic acids is 1. The Kier molecular flexibility index (Phi) is 3.88. The van der Waals surface area contributed by atoms with Gasteiger partial charge in [0.25, 0.3) is 0 Å². The van der Waals surface area contributed by atoms with E-state index in [1.54, 1.807) is 12.1 Å². The first-order valence-electron chi connectivity index (χ1n) is 6.54. The highest BCUT2D eigenvalue weighted by molar-refractivity contribution is 5.76. The van der Waals surface area contributed by atoms with E-state index in [0.717, 1.165) is 5.56 Å². The number of carboxylic acid groups (broad SMARTS) is 1. The summed E-state index contributed by atoms with van der Waals surface area (Å²) in [5, 5.41) is 9.30. The molecule has 0 bridgehead atoms. The molecule has 2 atom stereocenters. The molecule has 1 fully saturated rings. The quantitative estimate of drug-likeness (QED) is 0.896. The summed E-state index contributed by atoms with van der Waals surface area (Å²) in [6.45, 7) is 1.93. The van der Waals surface area contributed by atoms with Gasteiger partial charge in [0.15, 0.2) is 0 Å². The molecule has 1 aromatic carbocycles. The molecular weight excluding hydrogens is 250 g/mol.